The molecule has 0 aliphatic carbocycles. The molecule has 0 saturated carbocycles. The van der Waals surface area contributed by atoms with E-state index in [4.69, 9.17) is 14.0 Å². The molecule has 15 heavy (non-hydrogen) atoms. The molecule has 0 spiro atoms. The van der Waals surface area contributed by atoms with Crippen molar-refractivity contribution < 1.29 is 14.0 Å². The Kier molecular flexibility index (Phi) is 4.18. The van der Waals surface area contributed by atoms with Gasteiger partial charge in [-0.05, 0) is 42.6 Å². The molecule has 0 aromatic heterocycles. The molecule has 0 saturated heterocycles. The molecule has 0 aliphatic heterocycles. The first-order chi connectivity index (χ1) is 7.13. The number of aryl methyl sites for hydroxylation is 2. The highest BCUT2D eigenvalue weighted by Crippen LogP contribution is 2.15. The number of hydrogen-bond acceptors (Lipinski definition) is 3. The van der Waals surface area contributed by atoms with E-state index in [-0.39, 0.29) is 7.12 Å². The largest absolute Gasteiger partial charge is 0.497 e. The van der Waals surface area contributed by atoms with Crippen LogP contribution in [0.4, 0.5) is 0 Å². The minimum absolute atomic E-state index is 0.309. The normalized spacial score (nSPS) is 10.2. The van der Waals surface area contributed by atoms with Crippen molar-refractivity contribution >= 4 is 12.6 Å². The zero-order chi connectivity index (χ0) is 11.4. The minimum atomic E-state index is -0.309. The van der Waals surface area contributed by atoms with Gasteiger partial charge in [0.05, 0.1) is 7.11 Å². The molecule has 0 fully saturated rings. The molecule has 82 valence electrons. The van der Waals surface area contributed by atoms with Crippen LogP contribution in [0.3, 0.4) is 0 Å². The van der Waals surface area contributed by atoms with Gasteiger partial charge in [0.1, 0.15) is 5.75 Å². The van der Waals surface area contributed by atoms with Crippen LogP contribution in [0.15, 0.2) is 12.1 Å². The molecule has 0 radical (unpaired) electrons. The van der Waals surface area contributed by atoms with Gasteiger partial charge in [-0.1, -0.05) is 0 Å². The summed E-state index contributed by atoms with van der Waals surface area (Å²) < 4.78 is 15.7. The fraction of sp³-hybridized carbons (Fsp3) is 0.455. The second-order valence-electron chi connectivity index (χ2n) is 3.48. The summed E-state index contributed by atoms with van der Waals surface area (Å²) in [5.74, 6) is 0.861. The molecule has 1 aromatic carbocycles. The lowest BCUT2D eigenvalue weighted by Gasteiger charge is -2.15. The van der Waals surface area contributed by atoms with Gasteiger partial charge in [-0.15, -0.1) is 0 Å². The average molecular weight is 208 g/mol. The Morgan fingerprint density at radius 2 is 1.40 bits per heavy atom. The topological polar surface area (TPSA) is 27.7 Å². The second kappa shape index (κ2) is 5.19. The fourth-order valence-electron chi connectivity index (χ4n) is 1.76. The van der Waals surface area contributed by atoms with Crippen molar-refractivity contribution in [3.63, 3.8) is 0 Å². The lowest BCUT2D eigenvalue weighted by molar-refractivity contribution is 0.291. The molecule has 0 amide bonds. The van der Waals surface area contributed by atoms with E-state index in [1.54, 1.807) is 21.3 Å². The maximum Gasteiger partial charge on any atom is 0.494 e. The molecule has 0 unspecified atom stereocenters. The van der Waals surface area contributed by atoms with Crippen molar-refractivity contribution in [1.82, 2.24) is 0 Å². The Labute approximate surface area is 91.5 Å². The van der Waals surface area contributed by atoms with E-state index in [9.17, 15) is 0 Å². The Balaban J connectivity index is 3.18. The van der Waals surface area contributed by atoms with E-state index in [2.05, 4.69) is 0 Å². The molecule has 0 atom stereocenters. The van der Waals surface area contributed by atoms with Crippen LogP contribution in [0.1, 0.15) is 11.1 Å². The van der Waals surface area contributed by atoms with Crippen molar-refractivity contribution in [1.29, 1.82) is 0 Å². The molecule has 0 bridgehead atoms. The van der Waals surface area contributed by atoms with E-state index in [1.807, 2.05) is 26.0 Å². The monoisotopic (exact) mass is 208 g/mol. The average Bonchev–Trinajstić information content (AvgIpc) is 2.23. The summed E-state index contributed by atoms with van der Waals surface area (Å²) in [6.07, 6.45) is 0. The number of rotatable bonds is 4. The third kappa shape index (κ3) is 2.52. The Hall–Kier alpha value is -0.995. The summed E-state index contributed by atoms with van der Waals surface area (Å²) in [6.45, 7) is 4.05. The molecule has 0 heterocycles. The molecule has 3 nitrogen and oxygen atoms in total. The Morgan fingerprint density at radius 3 is 1.73 bits per heavy atom. The van der Waals surface area contributed by atoms with Gasteiger partial charge in [0.25, 0.3) is 0 Å². The minimum Gasteiger partial charge on any atom is -0.497 e. The van der Waals surface area contributed by atoms with Gasteiger partial charge >= 0.3 is 7.12 Å². The zero-order valence-corrected chi connectivity index (χ0v) is 9.96. The molecule has 0 N–H and O–H groups in total. The molecular formula is C11H17BO3. The predicted molar refractivity (Wildman–Crippen MR) is 61.9 cm³/mol. The van der Waals surface area contributed by atoms with Crippen molar-refractivity contribution in [2.45, 2.75) is 13.8 Å². The third-order valence-electron chi connectivity index (χ3n) is 2.47. The SMILES string of the molecule is COB(OC)c1c(C)cc(OC)cc1C. The maximum absolute atomic E-state index is 5.26. The highest BCUT2D eigenvalue weighted by atomic mass is 16.6. The number of hydrogen-bond donors (Lipinski definition) is 0. The number of methoxy groups -OCH3 is 1. The van der Waals surface area contributed by atoms with Crippen LogP contribution < -0.4 is 10.2 Å². The van der Waals surface area contributed by atoms with E-state index in [0.717, 1.165) is 22.3 Å². The van der Waals surface area contributed by atoms with Crippen LogP contribution in [0.25, 0.3) is 0 Å². The lowest BCUT2D eigenvalue weighted by atomic mass is 9.73. The third-order valence-corrected chi connectivity index (χ3v) is 2.47. The van der Waals surface area contributed by atoms with E-state index < -0.39 is 0 Å². The molecule has 4 heteroatoms. The van der Waals surface area contributed by atoms with E-state index >= 15 is 0 Å². The van der Waals surface area contributed by atoms with Crippen LogP contribution >= 0.6 is 0 Å². The van der Waals surface area contributed by atoms with Gasteiger partial charge in [-0.25, -0.2) is 0 Å². The second-order valence-corrected chi connectivity index (χ2v) is 3.48. The van der Waals surface area contributed by atoms with Crippen LogP contribution in [-0.4, -0.2) is 28.4 Å². The quantitative estimate of drug-likeness (QED) is 0.698. The van der Waals surface area contributed by atoms with Gasteiger partial charge in [0.15, 0.2) is 0 Å². The summed E-state index contributed by atoms with van der Waals surface area (Å²) in [4.78, 5) is 0. The van der Waals surface area contributed by atoms with Gasteiger partial charge in [-0.2, -0.15) is 0 Å². The van der Waals surface area contributed by atoms with Gasteiger partial charge in [0, 0.05) is 14.2 Å². The van der Waals surface area contributed by atoms with Gasteiger partial charge < -0.3 is 14.0 Å². The first-order valence-electron chi connectivity index (χ1n) is 4.84. The highest BCUT2D eigenvalue weighted by Gasteiger charge is 2.22. The summed E-state index contributed by atoms with van der Waals surface area (Å²) in [5.41, 5.74) is 3.29. The maximum atomic E-state index is 5.26. The fourth-order valence-corrected chi connectivity index (χ4v) is 1.76. The Bertz CT molecular complexity index is 312. The van der Waals surface area contributed by atoms with Crippen LogP contribution in [0.2, 0.25) is 0 Å². The van der Waals surface area contributed by atoms with Crippen molar-refractivity contribution in [2.24, 2.45) is 0 Å². The summed E-state index contributed by atoms with van der Waals surface area (Å²) in [5, 5.41) is 0. The van der Waals surface area contributed by atoms with E-state index in [0.29, 0.717) is 0 Å². The number of ether oxygens (including phenoxy) is 1. The van der Waals surface area contributed by atoms with Crippen molar-refractivity contribution in [2.75, 3.05) is 21.3 Å². The molecule has 1 aromatic rings. The zero-order valence-electron chi connectivity index (χ0n) is 9.96. The first-order valence-corrected chi connectivity index (χ1v) is 4.84. The van der Waals surface area contributed by atoms with Crippen LogP contribution in [0.5, 0.6) is 5.75 Å². The standard InChI is InChI=1S/C11H17BO3/c1-8-6-10(13-3)7-9(2)11(8)12(14-4)15-5/h6-7H,1-5H3. The first kappa shape index (κ1) is 12.1. The van der Waals surface area contributed by atoms with Crippen molar-refractivity contribution in [3.8, 4) is 5.75 Å². The highest BCUT2D eigenvalue weighted by molar-refractivity contribution is 6.62. The molecular weight excluding hydrogens is 191 g/mol. The molecule has 0 aliphatic rings. The van der Waals surface area contributed by atoms with Crippen LogP contribution in [-0.2, 0) is 9.31 Å². The number of benzene rings is 1. The summed E-state index contributed by atoms with van der Waals surface area (Å²) in [7, 11) is 4.63. The van der Waals surface area contributed by atoms with Gasteiger partial charge in [0.2, 0.25) is 0 Å². The van der Waals surface area contributed by atoms with Crippen LogP contribution in [0, 0.1) is 13.8 Å². The van der Waals surface area contributed by atoms with Gasteiger partial charge in [-0.3, -0.25) is 0 Å². The van der Waals surface area contributed by atoms with E-state index in [1.165, 1.54) is 0 Å². The predicted octanol–water partition coefficient (Wildman–Crippen LogP) is 1.30. The molecule has 1 rings (SSSR count). The smallest absolute Gasteiger partial charge is 0.494 e. The Morgan fingerprint density at radius 1 is 0.933 bits per heavy atom. The summed E-state index contributed by atoms with van der Waals surface area (Å²) >= 11 is 0. The summed E-state index contributed by atoms with van der Waals surface area (Å²) in [6, 6.07) is 3.96. The van der Waals surface area contributed by atoms with Crippen molar-refractivity contribution in [3.05, 3.63) is 23.3 Å². The lowest BCUT2D eigenvalue weighted by Crippen LogP contribution is -2.38.